The first-order valence-electron chi connectivity index (χ1n) is 5.59. The molecule has 5 nitrogen and oxygen atoms in total. The van der Waals surface area contributed by atoms with E-state index in [4.69, 9.17) is 26.9 Å². The van der Waals surface area contributed by atoms with Crippen molar-refractivity contribution in [3.05, 3.63) is 52.8 Å². The number of hydrogen-bond acceptors (Lipinski definition) is 5. The van der Waals surface area contributed by atoms with Crippen LogP contribution in [0.5, 0.6) is 5.75 Å². The van der Waals surface area contributed by atoms with E-state index in [0.717, 1.165) is 6.08 Å². The lowest BCUT2D eigenvalue weighted by molar-refractivity contribution is -0.143. The van der Waals surface area contributed by atoms with Gasteiger partial charge in [0, 0.05) is 5.02 Å². The van der Waals surface area contributed by atoms with Crippen molar-refractivity contribution in [2.24, 2.45) is 5.92 Å². The molecule has 1 atom stereocenters. The third-order valence-corrected chi connectivity index (χ3v) is 2.99. The summed E-state index contributed by atoms with van der Waals surface area (Å²) in [6.07, 6.45) is 2.19. The van der Waals surface area contributed by atoms with Crippen molar-refractivity contribution in [3.63, 3.8) is 0 Å². The summed E-state index contributed by atoms with van der Waals surface area (Å²) in [4.78, 5) is 0. The Morgan fingerprint density at radius 1 is 1.20 bits per heavy atom. The number of benzene rings is 1. The van der Waals surface area contributed by atoms with Crippen LogP contribution in [0.2, 0.25) is 5.02 Å². The molecular formula is C14H9ClN2O3. The molecule has 0 bridgehead atoms. The molecule has 0 spiro atoms. The van der Waals surface area contributed by atoms with Gasteiger partial charge >= 0.3 is 0 Å². The minimum Gasteiger partial charge on any atom is -0.459 e. The van der Waals surface area contributed by atoms with Crippen molar-refractivity contribution in [3.8, 4) is 17.9 Å². The predicted octanol–water partition coefficient (Wildman–Crippen LogP) is 1.89. The maximum absolute atomic E-state index is 9.74. The summed E-state index contributed by atoms with van der Waals surface area (Å²) in [5.41, 5.74) is 0.0604. The summed E-state index contributed by atoms with van der Waals surface area (Å²) >= 11 is 5.75. The Hall–Kier alpha value is -2.31. The average Bonchev–Trinajstić information content (AvgIpc) is 2.41. The van der Waals surface area contributed by atoms with Gasteiger partial charge in [0.25, 0.3) is 0 Å². The monoisotopic (exact) mass is 288 g/mol. The summed E-state index contributed by atoms with van der Waals surface area (Å²) < 4.78 is 5.46. The lowest BCUT2D eigenvalue weighted by Crippen LogP contribution is -2.39. The van der Waals surface area contributed by atoms with Crippen LogP contribution in [0.4, 0.5) is 0 Å². The zero-order valence-electron chi connectivity index (χ0n) is 10.1. The highest BCUT2D eigenvalue weighted by atomic mass is 35.5. The molecule has 1 unspecified atom stereocenters. The Kier molecular flexibility index (Phi) is 3.78. The number of nitrogens with zero attached hydrogens (tertiary/aromatic N) is 2. The number of aliphatic hydroxyl groups is 2. The summed E-state index contributed by atoms with van der Waals surface area (Å²) in [7, 11) is 0. The maximum Gasteiger partial charge on any atom is 0.206 e. The lowest BCUT2D eigenvalue weighted by atomic mass is 9.89. The van der Waals surface area contributed by atoms with Crippen molar-refractivity contribution in [2.45, 2.75) is 5.79 Å². The summed E-state index contributed by atoms with van der Waals surface area (Å²) in [6, 6.07) is 9.84. The third-order valence-electron chi connectivity index (χ3n) is 2.74. The van der Waals surface area contributed by atoms with E-state index in [0.29, 0.717) is 10.8 Å². The number of halogens is 1. The van der Waals surface area contributed by atoms with E-state index >= 15 is 0 Å². The largest absolute Gasteiger partial charge is 0.459 e. The Morgan fingerprint density at radius 3 is 2.40 bits per heavy atom. The Bertz CT molecular complexity index is 663. The molecule has 0 amide bonds. The van der Waals surface area contributed by atoms with E-state index in [-0.39, 0.29) is 11.3 Å². The number of nitriles is 2. The van der Waals surface area contributed by atoms with Gasteiger partial charge < -0.3 is 14.9 Å². The van der Waals surface area contributed by atoms with E-state index in [2.05, 4.69) is 0 Å². The van der Waals surface area contributed by atoms with Gasteiger partial charge in [-0.15, -0.1) is 0 Å². The van der Waals surface area contributed by atoms with Crippen LogP contribution in [-0.4, -0.2) is 16.0 Å². The molecule has 2 N–H and O–H groups in total. The van der Waals surface area contributed by atoms with Gasteiger partial charge in [-0.2, -0.15) is 10.5 Å². The van der Waals surface area contributed by atoms with Crippen LogP contribution in [0, 0.1) is 28.6 Å². The molecule has 100 valence electrons. The minimum absolute atomic E-state index is 0.0604. The normalized spacial score (nSPS) is 20.1. The quantitative estimate of drug-likeness (QED) is 0.810. The molecule has 1 aromatic rings. The van der Waals surface area contributed by atoms with Crippen molar-refractivity contribution in [2.75, 3.05) is 0 Å². The molecular weight excluding hydrogens is 280 g/mol. The summed E-state index contributed by atoms with van der Waals surface area (Å²) in [6.45, 7) is 0. The first kappa shape index (κ1) is 14.1. The van der Waals surface area contributed by atoms with E-state index in [1.807, 2.05) is 6.07 Å². The first-order valence-corrected chi connectivity index (χ1v) is 5.97. The molecule has 6 heteroatoms. The van der Waals surface area contributed by atoms with Gasteiger partial charge in [0.1, 0.15) is 17.6 Å². The third kappa shape index (κ3) is 2.66. The molecule has 0 fully saturated rings. The van der Waals surface area contributed by atoms with Crippen LogP contribution >= 0.6 is 11.6 Å². The van der Waals surface area contributed by atoms with Crippen LogP contribution in [0.15, 0.2) is 47.7 Å². The molecule has 0 aliphatic heterocycles. The zero-order chi connectivity index (χ0) is 14.8. The molecule has 0 radical (unpaired) electrons. The second-order valence-electron chi connectivity index (χ2n) is 4.12. The second kappa shape index (κ2) is 5.36. The minimum atomic E-state index is -2.38. The molecule has 0 heterocycles. The van der Waals surface area contributed by atoms with Gasteiger partial charge in [0.15, 0.2) is 5.92 Å². The molecule has 1 aliphatic rings. The van der Waals surface area contributed by atoms with E-state index in [9.17, 15) is 10.2 Å². The fourth-order valence-corrected chi connectivity index (χ4v) is 1.85. The summed E-state index contributed by atoms with van der Waals surface area (Å²) in [5, 5.41) is 38.1. The highest BCUT2D eigenvalue weighted by Crippen LogP contribution is 2.33. The summed E-state index contributed by atoms with van der Waals surface area (Å²) in [5.74, 6) is -3.54. The lowest BCUT2D eigenvalue weighted by Gasteiger charge is -2.28. The molecule has 2 rings (SSSR count). The second-order valence-corrected chi connectivity index (χ2v) is 4.56. The van der Waals surface area contributed by atoms with Crippen LogP contribution in [0.25, 0.3) is 0 Å². The molecule has 0 saturated heterocycles. The molecule has 0 aromatic heterocycles. The number of rotatable bonds is 2. The van der Waals surface area contributed by atoms with Gasteiger partial charge in [-0.05, 0) is 36.4 Å². The van der Waals surface area contributed by atoms with Crippen molar-refractivity contribution in [1.29, 1.82) is 10.5 Å². The van der Waals surface area contributed by atoms with Crippen LogP contribution in [0.3, 0.4) is 0 Å². The average molecular weight is 289 g/mol. The van der Waals surface area contributed by atoms with Crippen molar-refractivity contribution in [1.82, 2.24) is 0 Å². The van der Waals surface area contributed by atoms with Crippen LogP contribution in [0.1, 0.15) is 0 Å². The fraction of sp³-hybridized carbons (Fsp3) is 0.143. The maximum atomic E-state index is 9.74. The Labute approximate surface area is 120 Å². The first-order chi connectivity index (χ1) is 9.47. The van der Waals surface area contributed by atoms with Crippen LogP contribution in [-0.2, 0) is 0 Å². The van der Waals surface area contributed by atoms with Gasteiger partial charge in [-0.25, -0.2) is 0 Å². The fourth-order valence-electron chi connectivity index (χ4n) is 1.72. The van der Waals surface area contributed by atoms with Gasteiger partial charge in [0.2, 0.25) is 5.79 Å². The van der Waals surface area contributed by atoms with E-state index in [1.165, 1.54) is 6.08 Å². The topological polar surface area (TPSA) is 97.3 Å². The zero-order valence-corrected chi connectivity index (χ0v) is 10.9. The number of hydrogen-bond donors (Lipinski definition) is 2. The Morgan fingerprint density at radius 2 is 1.85 bits per heavy atom. The van der Waals surface area contributed by atoms with Crippen LogP contribution < -0.4 is 4.74 Å². The molecule has 0 saturated carbocycles. The smallest absolute Gasteiger partial charge is 0.206 e. The van der Waals surface area contributed by atoms with Gasteiger partial charge in [-0.3, -0.25) is 0 Å². The standard InChI is InChI=1S/C14H9ClN2O3/c15-10-1-3-11(4-2-10)20-13-9(7-16)5-6-14(18,19)12(13)8-17/h1-6,12,18-19H. The van der Waals surface area contributed by atoms with Gasteiger partial charge in [0.05, 0.1) is 11.6 Å². The molecule has 1 aromatic carbocycles. The van der Waals surface area contributed by atoms with Gasteiger partial charge in [-0.1, -0.05) is 11.6 Å². The Balaban J connectivity index is 2.42. The predicted molar refractivity (Wildman–Crippen MR) is 70.1 cm³/mol. The number of allylic oxidation sites excluding steroid dienone is 2. The van der Waals surface area contributed by atoms with Crippen molar-refractivity contribution < 1.29 is 14.9 Å². The van der Waals surface area contributed by atoms with Crippen molar-refractivity contribution >= 4 is 11.6 Å². The highest BCUT2D eigenvalue weighted by Gasteiger charge is 2.41. The van der Waals surface area contributed by atoms with E-state index < -0.39 is 11.7 Å². The highest BCUT2D eigenvalue weighted by molar-refractivity contribution is 6.30. The number of ether oxygens (including phenoxy) is 1. The molecule has 1 aliphatic carbocycles. The molecule has 20 heavy (non-hydrogen) atoms. The SMILES string of the molecule is N#CC1=C(Oc2ccc(Cl)cc2)C(C#N)C(O)(O)C=C1. The van der Waals surface area contributed by atoms with E-state index in [1.54, 1.807) is 30.3 Å².